The first kappa shape index (κ1) is 14.0. The van der Waals surface area contributed by atoms with Crippen molar-refractivity contribution in [2.24, 2.45) is 0 Å². The minimum Gasteiger partial charge on any atom is -0.348 e. The van der Waals surface area contributed by atoms with Gasteiger partial charge in [-0.05, 0) is 31.5 Å². The SMILES string of the molecule is CC1CNC(C(=O)NC(C)c2ccc(F)cc2)CN1. The van der Waals surface area contributed by atoms with E-state index in [4.69, 9.17) is 0 Å². The Bertz CT molecular complexity index is 427. The van der Waals surface area contributed by atoms with Crippen LogP contribution in [0.1, 0.15) is 25.5 Å². The van der Waals surface area contributed by atoms with Crippen molar-refractivity contribution in [2.45, 2.75) is 32.0 Å². The molecule has 0 spiro atoms. The zero-order valence-electron chi connectivity index (χ0n) is 11.2. The lowest BCUT2D eigenvalue weighted by Crippen LogP contribution is -2.59. The van der Waals surface area contributed by atoms with Crippen molar-refractivity contribution in [2.75, 3.05) is 13.1 Å². The van der Waals surface area contributed by atoms with Gasteiger partial charge in [-0.3, -0.25) is 4.79 Å². The highest BCUT2D eigenvalue weighted by molar-refractivity contribution is 5.82. The number of rotatable bonds is 3. The van der Waals surface area contributed by atoms with Crippen molar-refractivity contribution >= 4 is 5.91 Å². The molecule has 4 nitrogen and oxygen atoms in total. The fourth-order valence-corrected chi connectivity index (χ4v) is 2.12. The minimum atomic E-state index is -0.269. The second-order valence-corrected chi connectivity index (χ2v) is 5.05. The Labute approximate surface area is 112 Å². The zero-order valence-corrected chi connectivity index (χ0v) is 11.2. The Balaban J connectivity index is 1.89. The molecule has 0 saturated carbocycles. The highest BCUT2D eigenvalue weighted by Crippen LogP contribution is 2.13. The Morgan fingerprint density at radius 1 is 1.32 bits per heavy atom. The molecule has 0 radical (unpaired) electrons. The lowest BCUT2D eigenvalue weighted by Gasteiger charge is -2.29. The molecule has 1 amide bonds. The molecule has 5 heteroatoms. The maximum Gasteiger partial charge on any atom is 0.238 e. The fourth-order valence-electron chi connectivity index (χ4n) is 2.12. The van der Waals surface area contributed by atoms with Crippen LogP contribution in [0.5, 0.6) is 0 Å². The summed E-state index contributed by atoms with van der Waals surface area (Å²) in [7, 11) is 0. The molecule has 0 bridgehead atoms. The molecule has 1 fully saturated rings. The summed E-state index contributed by atoms with van der Waals surface area (Å²) in [6, 6.07) is 6.23. The van der Waals surface area contributed by atoms with Crippen LogP contribution < -0.4 is 16.0 Å². The number of hydrogen-bond donors (Lipinski definition) is 3. The van der Waals surface area contributed by atoms with Crippen LogP contribution in [0.3, 0.4) is 0 Å². The van der Waals surface area contributed by atoms with Gasteiger partial charge >= 0.3 is 0 Å². The second-order valence-electron chi connectivity index (χ2n) is 5.05. The van der Waals surface area contributed by atoms with E-state index in [1.165, 1.54) is 12.1 Å². The van der Waals surface area contributed by atoms with Crippen LogP contribution in [-0.2, 0) is 4.79 Å². The summed E-state index contributed by atoms with van der Waals surface area (Å²) in [5.74, 6) is -0.300. The molecule has 2 rings (SSSR count). The van der Waals surface area contributed by atoms with E-state index >= 15 is 0 Å². The van der Waals surface area contributed by atoms with Gasteiger partial charge in [0.25, 0.3) is 0 Å². The van der Waals surface area contributed by atoms with E-state index in [0.717, 1.165) is 12.1 Å². The first-order chi connectivity index (χ1) is 9.06. The quantitative estimate of drug-likeness (QED) is 0.763. The summed E-state index contributed by atoms with van der Waals surface area (Å²) in [6.07, 6.45) is 0. The molecule has 3 atom stereocenters. The van der Waals surface area contributed by atoms with Gasteiger partial charge in [-0.2, -0.15) is 0 Å². The molecule has 19 heavy (non-hydrogen) atoms. The van der Waals surface area contributed by atoms with E-state index < -0.39 is 0 Å². The van der Waals surface area contributed by atoms with Crippen molar-refractivity contribution in [3.63, 3.8) is 0 Å². The first-order valence-electron chi connectivity index (χ1n) is 6.59. The van der Waals surface area contributed by atoms with E-state index in [1.807, 2.05) is 6.92 Å². The number of hydrogen-bond acceptors (Lipinski definition) is 3. The summed E-state index contributed by atoms with van der Waals surface area (Å²) in [6.45, 7) is 5.37. The zero-order chi connectivity index (χ0) is 13.8. The molecular formula is C14H20FN3O. The van der Waals surface area contributed by atoms with Gasteiger partial charge in [-0.1, -0.05) is 12.1 Å². The van der Waals surface area contributed by atoms with E-state index in [0.29, 0.717) is 12.6 Å². The third kappa shape index (κ3) is 3.75. The average molecular weight is 265 g/mol. The number of nitrogens with one attached hydrogen (secondary N) is 3. The molecule has 3 N–H and O–H groups in total. The standard InChI is InChI=1S/C14H20FN3O/c1-9-7-17-13(8-16-9)14(19)18-10(2)11-3-5-12(15)6-4-11/h3-6,9-10,13,16-17H,7-8H2,1-2H3,(H,18,19). The molecule has 0 aromatic heterocycles. The van der Waals surface area contributed by atoms with E-state index in [9.17, 15) is 9.18 Å². The molecule has 1 heterocycles. The van der Waals surface area contributed by atoms with Crippen LogP contribution in [-0.4, -0.2) is 31.1 Å². The normalized spacial score (nSPS) is 24.8. The number of benzene rings is 1. The summed E-state index contributed by atoms with van der Waals surface area (Å²) in [5, 5.41) is 9.40. The predicted octanol–water partition coefficient (Wildman–Crippen LogP) is 0.953. The number of carbonyl (C=O) groups excluding carboxylic acids is 1. The smallest absolute Gasteiger partial charge is 0.238 e. The van der Waals surface area contributed by atoms with Gasteiger partial charge in [0.2, 0.25) is 5.91 Å². The summed E-state index contributed by atoms with van der Waals surface area (Å²) in [4.78, 5) is 12.1. The van der Waals surface area contributed by atoms with Crippen molar-refractivity contribution in [3.8, 4) is 0 Å². The Hall–Kier alpha value is -1.46. The van der Waals surface area contributed by atoms with Gasteiger partial charge in [0.15, 0.2) is 0 Å². The van der Waals surface area contributed by atoms with Crippen molar-refractivity contribution in [1.82, 2.24) is 16.0 Å². The van der Waals surface area contributed by atoms with Gasteiger partial charge in [0, 0.05) is 19.1 Å². The van der Waals surface area contributed by atoms with Crippen LogP contribution in [0, 0.1) is 5.82 Å². The highest BCUT2D eigenvalue weighted by Gasteiger charge is 2.24. The van der Waals surface area contributed by atoms with Crippen LogP contribution >= 0.6 is 0 Å². The lowest BCUT2D eigenvalue weighted by molar-refractivity contribution is -0.124. The van der Waals surface area contributed by atoms with Crippen LogP contribution in [0.2, 0.25) is 0 Å². The molecule has 1 aromatic carbocycles. The van der Waals surface area contributed by atoms with E-state index in [1.54, 1.807) is 12.1 Å². The third-order valence-corrected chi connectivity index (χ3v) is 3.39. The number of amides is 1. The van der Waals surface area contributed by atoms with Crippen molar-refractivity contribution in [1.29, 1.82) is 0 Å². The first-order valence-corrected chi connectivity index (χ1v) is 6.59. The maximum absolute atomic E-state index is 12.8. The van der Waals surface area contributed by atoms with Crippen LogP contribution in [0.15, 0.2) is 24.3 Å². The summed E-state index contributed by atoms with van der Waals surface area (Å²) < 4.78 is 12.8. The number of carbonyl (C=O) groups is 1. The largest absolute Gasteiger partial charge is 0.348 e. The molecule has 1 saturated heterocycles. The van der Waals surface area contributed by atoms with Gasteiger partial charge in [0.05, 0.1) is 12.1 Å². The topological polar surface area (TPSA) is 53.2 Å². The van der Waals surface area contributed by atoms with Gasteiger partial charge in [-0.15, -0.1) is 0 Å². The third-order valence-electron chi connectivity index (χ3n) is 3.39. The molecule has 1 aliphatic rings. The van der Waals surface area contributed by atoms with E-state index in [-0.39, 0.29) is 23.8 Å². The number of halogens is 1. The van der Waals surface area contributed by atoms with Crippen molar-refractivity contribution in [3.05, 3.63) is 35.6 Å². The average Bonchev–Trinajstić information content (AvgIpc) is 2.40. The second kappa shape index (κ2) is 6.12. The fraction of sp³-hybridized carbons (Fsp3) is 0.500. The minimum absolute atomic E-state index is 0.0313. The number of piperazine rings is 1. The molecule has 0 aliphatic carbocycles. The lowest BCUT2D eigenvalue weighted by atomic mass is 10.1. The Morgan fingerprint density at radius 2 is 2.00 bits per heavy atom. The predicted molar refractivity (Wildman–Crippen MR) is 72.2 cm³/mol. The summed E-state index contributed by atoms with van der Waals surface area (Å²) >= 11 is 0. The monoisotopic (exact) mass is 265 g/mol. The van der Waals surface area contributed by atoms with Crippen LogP contribution in [0.4, 0.5) is 4.39 Å². The Morgan fingerprint density at radius 3 is 2.58 bits per heavy atom. The van der Waals surface area contributed by atoms with Gasteiger partial charge in [-0.25, -0.2) is 4.39 Å². The van der Waals surface area contributed by atoms with Gasteiger partial charge < -0.3 is 16.0 Å². The van der Waals surface area contributed by atoms with Gasteiger partial charge in [0.1, 0.15) is 5.82 Å². The maximum atomic E-state index is 12.8. The molecule has 1 aromatic rings. The molecule has 104 valence electrons. The molecule has 3 unspecified atom stereocenters. The Kier molecular flexibility index (Phi) is 4.50. The summed E-state index contributed by atoms with van der Waals surface area (Å²) in [5.41, 5.74) is 0.895. The molecular weight excluding hydrogens is 245 g/mol. The highest BCUT2D eigenvalue weighted by atomic mass is 19.1. The van der Waals surface area contributed by atoms with Crippen molar-refractivity contribution < 1.29 is 9.18 Å². The van der Waals surface area contributed by atoms with Crippen LogP contribution in [0.25, 0.3) is 0 Å². The molecule has 1 aliphatic heterocycles. The van der Waals surface area contributed by atoms with E-state index in [2.05, 4.69) is 22.9 Å².